The van der Waals surface area contributed by atoms with E-state index in [1.54, 1.807) is 18.5 Å². The van der Waals surface area contributed by atoms with Crippen molar-refractivity contribution >= 4 is 5.91 Å². The van der Waals surface area contributed by atoms with Gasteiger partial charge in [-0.2, -0.15) is 0 Å². The average molecular weight is 322 g/mol. The fourth-order valence-electron chi connectivity index (χ4n) is 2.27. The van der Waals surface area contributed by atoms with Crippen LogP contribution in [0.15, 0.2) is 71.6 Å². The fourth-order valence-corrected chi connectivity index (χ4v) is 2.27. The van der Waals surface area contributed by atoms with Crippen molar-refractivity contribution in [3.05, 3.63) is 84.1 Å². The molecule has 3 rings (SSSR count). The Bertz CT molecular complexity index is 770. The maximum atomic E-state index is 12.3. The van der Waals surface area contributed by atoms with Gasteiger partial charge in [0.25, 0.3) is 5.91 Å². The highest BCUT2D eigenvalue weighted by molar-refractivity contribution is 5.92. The molecule has 5 nitrogen and oxygen atoms in total. The summed E-state index contributed by atoms with van der Waals surface area (Å²) in [5.74, 6) is 0.800. The van der Waals surface area contributed by atoms with Crippen molar-refractivity contribution in [1.82, 2.24) is 10.3 Å². The molecule has 24 heavy (non-hydrogen) atoms. The van der Waals surface area contributed by atoms with Gasteiger partial charge in [0.2, 0.25) is 0 Å². The number of furan rings is 1. The molecule has 0 atom stereocenters. The Hall–Kier alpha value is -3.08. The lowest BCUT2D eigenvalue weighted by molar-refractivity contribution is 0.0923. The van der Waals surface area contributed by atoms with Gasteiger partial charge in [-0.05, 0) is 36.2 Å². The molecule has 1 aromatic carbocycles. The smallest absolute Gasteiger partial charge is 0.287 e. The van der Waals surface area contributed by atoms with Gasteiger partial charge in [-0.3, -0.25) is 9.78 Å². The molecule has 0 aliphatic heterocycles. The molecule has 122 valence electrons. The van der Waals surface area contributed by atoms with Gasteiger partial charge >= 0.3 is 0 Å². The molecule has 0 fully saturated rings. The van der Waals surface area contributed by atoms with Crippen molar-refractivity contribution in [2.24, 2.45) is 0 Å². The maximum Gasteiger partial charge on any atom is 0.287 e. The predicted octanol–water partition coefficient (Wildman–Crippen LogP) is 3.23. The van der Waals surface area contributed by atoms with Crippen LogP contribution in [-0.2, 0) is 13.0 Å². The quantitative estimate of drug-likeness (QED) is 0.725. The molecule has 0 saturated carbocycles. The molecule has 0 unspecified atom stereocenters. The zero-order valence-corrected chi connectivity index (χ0v) is 13.1. The summed E-state index contributed by atoms with van der Waals surface area (Å²) in [6.45, 7) is 0.802. The number of pyridine rings is 1. The van der Waals surface area contributed by atoms with Crippen LogP contribution in [0.25, 0.3) is 0 Å². The number of hydrogen-bond acceptors (Lipinski definition) is 4. The molecule has 0 radical (unpaired) electrons. The van der Waals surface area contributed by atoms with Crippen LogP contribution in [0.1, 0.15) is 21.7 Å². The number of ether oxygens (including phenoxy) is 1. The molecule has 2 aromatic heterocycles. The molecule has 2 heterocycles. The Morgan fingerprint density at radius 1 is 1.12 bits per heavy atom. The lowest BCUT2D eigenvalue weighted by Crippen LogP contribution is -2.26. The Balaban J connectivity index is 1.53. The van der Waals surface area contributed by atoms with E-state index in [9.17, 15) is 4.79 Å². The van der Waals surface area contributed by atoms with Crippen molar-refractivity contribution < 1.29 is 13.9 Å². The molecule has 1 N–H and O–H groups in total. The van der Waals surface area contributed by atoms with E-state index in [0.29, 0.717) is 6.54 Å². The van der Waals surface area contributed by atoms with Crippen LogP contribution in [0.2, 0.25) is 0 Å². The molecule has 0 aliphatic carbocycles. The topological polar surface area (TPSA) is 64.4 Å². The summed E-state index contributed by atoms with van der Waals surface area (Å²) >= 11 is 0. The van der Waals surface area contributed by atoms with Gasteiger partial charge in [0.1, 0.15) is 12.4 Å². The SMILES string of the molecule is O=C(NCCc1cccnc1)c1occc1COc1ccccc1. The molecule has 0 bridgehead atoms. The first-order chi connectivity index (χ1) is 11.8. The van der Waals surface area contributed by atoms with Crippen LogP contribution in [0.4, 0.5) is 0 Å². The third-order valence-electron chi connectivity index (χ3n) is 3.51. The molecular weight excluding hydrogens is 304 g/mol. The van der Waals surface area contributed by atoms with Gasteiger partial charge in [-0.1, -0.05) is 24.3 Å². The van der Waals surface area contributed by atoms with Crippen LogP contribution >= 0.6 is 0 Å². The number of nitrogens with one attached hydrogen (secondary N) is 1. The second-order valence-corrected chi connectivity index (χ2v) is 5.24. The van der Waals surface area contributed by atoms with Crippen molar-refractivity contribution in [2.75, 3.05) is 6.54 Å². The van der Waals surface area contributed by atoms with Crippen molar-refractivity contribution in [3.8, 4) is 5.75 Å². The number of carbonyl (C=O) groups is 1. The van der Waals surface area contributed by atoms with Crippen LogP contribution in [0, 0.1) is 0 Å². The Kier molecular flexibility index (Phi) is 5.24. The number of rotatable bonds is 7. The summed E-state index contributed by atoms with van der Waals surface area (Å²) < 4.78 is 11.0. The first kappa shape index (κ1) is 15.8. The minimum Gasteiger partial charge on any atom is -0.489 e. The Labute approximate surface area is 140 Å². The fraction of sp³-hybridized carbons (Fsp3) is 0.158. The van der Waals surface area contributed by atoms with E-state index in [4.69, 9.17) is 9.15 Å². The van der Waals surface area contributed by atoms with E-state index < -0.39 is 0 Å². The van der Waals surface area contributed by atoms with E-state index in [0.717, 1.165) is 23.3 Å². The third kappa shape index (κ3) is 4.23. The van der Waals surface area contributed by atoms with E-state index in [1.165, 1.54) is 6.26 Å². The average Bonchev–Trinajstić information content (AvgIpc) is 3.10. The molecule has 0 spiro atoms. The van der Waals surface area contributed by atoms with Crippen molar-refractivity contribution in [2.45, 2.75) is 13.0 Å². The summed E-state index contributed by atoms with van der Waals surface area (Å²) in [7, 11) is 0. The highest BCUT2D eigenvalue weighted by Gasteiger charge is 2.15. The predicted molar refractivity (Wildman–Crippen MR) is 89.8 cm³/mol. The molecule has 0 saturated heterocycles. The zero-order chi connectivity index (χ0) is 16.6. The van der Waals surface area contributed by atoms with E-state index in [2.05, 4.69) is 10.3 Å². The Morgan fingerprint density at radius 2 is 2.00 bits per heavy atom. The second kappa shape index (κ2) is 7.97. The summed E-state index contributed by atoms with van der Waals surface area (Å²) in [5, 5.41) is 2.86. The number of hydrogen-bond donors (Lipinski definition) is 1. The van der Waals surface area contributed by atoms with Gasteiger partial charge in [0.15, 0.2) is 5.76 Å². The van der Waals surface area contributed by atoms with Crippen LogP contribution in [0.3, 0.4) is 0 Å². The molecule has 5 heteroatoms. The lowest BCUT2D eigenvalue weighted by atomic mass is 10.2. The first-order valence-electron chi connectivity index (χ1n) is 7.74. The third-order valence-corrected chi connectivity index (χ3v) is 3.51. The Morgan fingerprint density at radius 3 is 2.79 bits per heavy atom. The highest BCUT2D eigenvalue weighted by atomic mass is 16.5. The summed E-state index contributed by atoms with van der Waals surface area (Å²) in [5.41, 5.74) is 1.79. The second-order valence-electron chi connectivity index (χ2n) is 5.24. The van der Waals surface area contributed by atoms with Gasteiger partial charge in [-0.25, -0.2) is 0 Å². The summed E-state index contributed by atoms with van der Waals surface area (Å²) in [4.78, 5) is 16.3. The largest absolute Gasteiger partial charge is 0.489 e. The number of benzene rings is 1. The van der Waals surface area contributed by atoms with Crippen LogP contribution in [0.5, 0.6) is 5.75 Å². The number of para-hydroxylation sites is 1. The number of nitrogens with zero attached hydrogens (tertiary/aromatic N) is 1. The van der Waals surface area contributed by atoms with Gasteiger partial charge in [0.05, 0.1) is 6.26 Å². The van der Waals surface area contributed by atoms with Crippen molar-refractivity contribution in [1.29, 1.82) is 0 Å². The maximum absolute atomic E-state index is 12.3. The van der Waals surface area contributed by atoms with Gasteiger partial charge < -0.3 is 14.5 Å². The summed E-state index contributed by atoms with van der Waals surface area (Å²) in [6.07, 6.45) is 5.73. The standard InChI is InChI=1S/C19H18N2O3/c22-19(21-11-8-15-5-4-10-20-13-15)18-16(9-12-23-18)14-24-17-6-2-1-3-7-17/h1-7,9-10,12-13H,8,11,14H2,(H,21,22). The monoisotopic (exact) mass is 322 g/mol. The van der Waals surface area contributed by atoms with Crippen LogP contribution < -0.4 is 10.1 Å². The minimum atomic E-state index is -0.240. The van der Waals surface area contributed by atoms with E-state index in [1.807, 2.05) is 42.5 Å². The number of aromatic nitrogens is 1. The molecule has 1 amide bonds. The van der Waals surface area contributed by atoms with E-state index in [-0.39, 0.29) is 18.3 Å². The number of carbonyl (C=O) groups excluding carboxylic acids is 1. The summed E-state index contributed by atoms with van der Waals surface area (Å²) in [6, 6.07) is 15.1. The normalized spacial score (nSPS) is 10.3. The van der Waals surface area contributed by atoms with Crippen LogP contribution in [-0.4, -0.2) is 17.4 Å². The highest BCUT2D eigenvalue weighted by Crippen LogP contribution is 2.15. The lowest BCUT2D eigenvalue weighted by Gasteiger charge is -2.07. The molecule has 3 aromatic rings. The minimum absolute atomic E-state index is 0.240. The first-order valence-corrected chi connectivity index (χ1v) is 7.74. The molecular formula is C19H18N2O3. The van der Waals surface area contributed by atoms with Gasteiger partial charge in [0, 0.05) is 24.5 Å². The van der Waals surface area contributed by atoms with Gasteiger partial charge in [-0.15, -0.1) is 0 Å². The number of amides is 1. The zero-order valence-electron chi connectivity index (χ0n) is 13.1. The van der Waals surface area contributed by atoms with E-state index >= 15 is 0 Å². The van der Waals surface area contributed by atoms with Crippen molar-refractivity contribution in [3.63, 3.8) is 0 Å². The molecule has 0 aliphatic rings.